The van der Waals surface area contributed by atoms with Crippen molar-refractivity contribution in [3.63, 3.8) is 0 Å². The molecule has 8 aromatic heterocycles. The van der Waals surface area contributed by atoms with Crippen molar-refractivity contribution in [2.24, 2.45) is 0 Å². The van der Waals surface area contributed by atoms with Crippen molar-refractivity contribution >= 4 is 264 Å². The number of furan rings is 1. The van der Waals surface area contributed by atoms with E-state index in [9.17, 15) is 57.5 Å². The van der Waals surface area contributed by atoms with E-state index in [-0.39, 0.29) is 124 Å². The predicted molar refractivity (Wildman–Crippen MR) is 568 cm³/mol. The van der Waals surface area contributed by atoms with Crippen LogP contribution >= 0.6 is 11.3 Å². The maximum absolute atomic E-state index is 12.9. The van der Waals surface area contributed by atoms with Crippen LogP contribution in [0.15, 0.2) is 148 Å². The number of barbiturate groups is 4. The molecule has 0 unspecified atom stereocenters. The zero-order chi connectivity index (χ0) is 104. The van der Waals surface area contributed by atoms with Gasteiger partial charge in [-0.15, -0.1) is 0 Å². The van der Waals surface area contributed by atoms with E-state index in [1.807, 2.05) is 18.3 Å². The average Bonchev–Trinajstić information content (AvgIpc) is 1.47. The molecule has 736 valence electrons. The number of para-hydroxylation sites is 4. The zero-order valence-corrected chi connectivity index (χ0v) is 97.1. The van der Waals surface area contributed by atoms with E-state index in [1.54, 1.807) is 27.9 Å². The van der Waals surface area contributed by atoms with Gasteiger partial charge in [-0.3, -0.25) is 0 Å². The van der Waals surface area contributed by atoms with Gasteiger partial charge in [0.05, 0.1) is 0 Å². The number of likely N-dealkylation sites (N-methyl/N-ethyl adjacent to an activating group) is 8. The van der Waals surface area contributed by atoms with Crippen molar-refractivity contribution in [2.75, 3.05) is 76.0 Å². The van der Waals surface area contributed by atoms with Crippen molar-refractivity contribution in [1.82, 2.24) is 39.2 Å². The zero-order valence-electron chi connectivity index (χ0n) is 85.4. The Bertz CT molecular complexity index is 7050. The molecule has 25 nitrogen and oxygen atoms in total. The number of hydrogen-bond donors (Lipinski definition) is 0. The van der Waals surface area contributed by atoms with Crippen LogP contribution in [0, 0.1) is 27.7 Å². The fraction of sp³-hybridized carbons (Fsp3) is 0.321. The summed E-state index contributed by atoms with van der Waals surface area (Å²) in [5.74, 6) is -2.60. The van der Waals surface area contributed by atoms with E-state index in [0.717, 1.165) is 74.2 Å². The van der Waals surface area contributed by atoms with Gasteiger partial charge in [-0.1, -0.05) is 0 Å². The number of carbonyl (C=O) groups excluding carboxylic acids is 12. The molecule has 12 aliphatic rings. The van der Waals surface area contributed by atoms with Crippen molar-refractivity contribution in [3.8, 4) is 0 Å². The normalized spacial score (nSPS) is 19.4. The average molecular weight is 2380 g/mol. The monoisotopic (exact) mass is 2390 g/mol. The summed E-state index contributed by atoms with van der Waals surface area (Å²) < 4.78 is 21.1. The first-order valence-electron chi connectivity index (χ1n) is 47.5. The van der Waals surface area contributed by atoms with Crippen LogP contribution in [-0.4, -0.2) is 260 Å². The minimum atomic E-state index is -0.617. The second kappa shape index (κ2) is 33.1. The van der Waals surface area contributed by atoms with E-state index in [2.05, 4.69) is 272 Å². The van der Waals surface area contributed by atoms with E-state index in [0.29, 0.717) is 14.5 Å². The molecular formula is C112H108N12O13SSe5Te. The molecule has 12 aromatic rings. The van der Waals surface area contributed by atoms with E-state index < -0.39 is 91.8 Å². The number of carbonyl (C=O) groups is 12. The Labute approximate surface area is 880 Å². The fourth-order valence-corrected chi connectivity index (χ4v) is 40.2. The van der Waals surface area contributed by atoms with Crippen LogP contribution in [0.25, 0.3) is 24.3 Å². The van der Waals surface area contributed by atoms with E-state index >= 15 is 0 Å². The Morgan fingerprint density at radius 2 is 0.569 bits per heavy atom. The SMILES string of the molecule is Cc1cc2c([se]1)C(C)(C)c1cccc3c1N2c1[se]c(C=C2C(=O)N(C)C(=O)N(C)C2=O)cc1C3(C)C.Cc1cc2c([te]1)C(C)(C)c1cccc3c1N2c1[se]c(C=C2C(=O)N(C)C(=O)N(C)C2=O)cc1C3(C)C.Cc1cc2c(o1)C(C)(C)c1cccc3c1N2c1[se]c(C=C2C(=O)N(C)C(=O)N(C)C2=O)cc1C3(C)C.Cc1cc2c(s1)C(C)(C)c1cccc3c1N2c1[se]c(C=C2C(=O)N(C)C(=O)N(C)C2=O)cc1C3(C)C. The summed E-state index contributed by atoms with van der Waals surface area (Å²) in [6, 6.07) is 42.0. The Morgan fingerprint density at radius 3 is 0.896 bits per heavy atom. The van der Waals surface area contributed by atoms with Crippen molar-refractivity contribution in [2.45, 2.75) is 182 Å². The number of amides is 16. The summed E-state index contributed by atoms with van der Waals surface area (Å²) in [6.45, 7) is 45.2. The molecule has 0 bridgehead atoms. The Balaban J connectivity index is 0.000000113. The van der Waals surface area contributed by atoms with Crippen molar-refractivity contribution < 1.29 is 62.0 Å². The molecule has 32 heteroatoms. The molecule has 24 rings (SSSR count). The quantitative estimate of drug-likeness (QED) is 0.0901. The Morgan fingerprint density at radius 1 is 0.292 bits per heavy atom. The first-order chi connectivity index (χ1) is 67.4. The summed E-state index contributed by atoms with van der Waals surface area (Å²) in [4.78, 5) is 172. The number of hydrogen-bond acceptors (Lipinski definition) is 18. The molecule has 144 heavy (non-hydrogen) atoms. The van der Waals surface area contributed by atoms with Crippen LogP contribution in [0.2, 0.25) is 0 Å². The number of benzene rings is 4. The number of rotatable bonds is 4. The third kappa shape index (κ3) is 14.0. The van der Waals surface area contributed by atoms with Gasteiger partial charge < -0.3 is 0 Å². The van der Waals surface area contributed by atoms with Crippen LogP contribution in [0.1, 0.15) is 233 Å². The molecule has 20 heterocycles. The van der Waals surface area contributed by atoms with Crippen molar-refractivity contribution in [1.29, 1.82) is 0 Å². The number of fused-ring (bicyclic) bond motifs is 16. The number of urea groups is 4. The molecule has 0 radical (unpaired) electrons. The first-order valence-corrected chi connectivity index (χ1v) is 59.2. The van der Waals surface area contributed by atoms with Gasteiger partial charge in [-0.05, 0) is 0 Å². The second-order valence-electron chi connectivity index (χ2n) is 43.2. The van der Waals surface area contributed by atoms with Crippen LogP contribution in [0.5, 0.6) is 0 Å². The van der Waals surface area contributed by atoms with Gasteiger partial charge >= 0.3 is 888 Å². The summed E-state index contributed by atoms with van der Waals surface area (Å²) in [5.41, 5.74) is 24.1. The molecule has 4 aromatic carbocycles. The van der Waals surface area contributed by atoms with Gasteiger partial charge in [0, 0.05) is 0 Å². The van der Waals surface area contributed by atoms with Crippen molar-refractivity contribution in [3.05, 3.63) is 265 Å². The predicted octanol–water partition coefficient (Wildman–Crippen LogP) is 18.7. The van der Waals surface area contributed by atoms with Gasteiger partial charge in [0.1, 0.15) is 0 Å². The number of imide groups is 8. The molecule has 4 fully saturated rings. The number of nitrogens with zero attached hydrogens (tertiary/aromatic N) is 12. The van der Waals surface area contributed by atoms with Gasteiger partial charge in [0.2, 0.25) is 0 Å². The van der Waals surface area contributed by atoms with E-state index in [1.165, 1.54) is 203 Å². The topological polar surface area (TPSA) is 257 Å². The van der Waals surface area contributed by atoms with Gasteiger partial charge in [-0.2, -0.15) is 0 Å². The number of aryl methyl sites for hydroxylation is 4. The summed E-state index contributed by atoms with van der Waals surface area (Å²) in [5, 5.41) is 0. The Hall–Kier alpha value is -11.3. The second-order valence-corrected chi connectivity index (χ2v) is 59.6. The molecule has 12 aliphatic heterocycles. The molecule has 0 N–H and O–H groups in total. The summed E-state index contributed by atoms with van der Waals surface area (Å²) in [7, 11) is 11.3. The van der Waals surface area contributed by atoms with Gasteiger partial charge in [-0.25, -0.2) is 0 Å². The number of anilines is 12. The fourth-order valence-electron chi connectivity index (χ4n) is 22.8. The third-order valence-electron chi connectivity index (χ3n) is 31.2. The van der Waals surface area contributed by atoms with Gasteiger partial charge in [0.25, 0.3) is 0 Å². The first kappa shape index (κ1) is 98.7. The van der Waals surface area contributed by atoms with Crippen LogP contribution in [-0.2, 0) is 81.7 Å². The standard InChI is InChI=1S/C28H27N3O4Se.C28H27N3O3SSe.C28H27N3O3Se2.C28H27N3O3SeTe/c3*1-14-11-20-22(35-14)28(4,5)18-10-8-9-17-21(18)31(20)25-19(27(17,2)3)13-15(36-25)12-16-23(32)29(6)26(34)30(7)24(16)33;1-14-11-20-22(36-14)28(4,5)18-10-8-9-17-21(18)31(20)25-19(27(17,2)3)13-15(35-25)12-16-23(32)29(6)26(34)30(7)24(16)33/h4*8-13H,1-7H3. The molecule has 0 spiro atoms. The molecule has 4 saturated heterocycles. The summed E-state index contributed by atoms with van der Waals surface area (Å²) >= 11 is 1.25. The van der Waals surface area contributed by atoms with Crippen LogP contribution in [0.3, 0.4) is 0 Å². The Kier molecular flexibility index (Phi) is 22.7. The third-order valence-corrected chi connectivity index (χ3v) is 48.2. The van der Waals surface area contributed by atoms with Crippen LogP contribution in [0.4, 0.5) is 82.9 Å². The summed E-state index contributed by atoms with van der Waals surface area (Å²) in [6.07, 6.45) is 6.82. The van der Waals surface area contributed by atoms with E-state index in [4.69, 9.17) is 4.42 Å². The number of thiophene rings is 1. The molecular weight excluding hydrogens is 2280 g/mol. The van der Waals surface area contributed by atoms with Gasteiger partial charge in [0.15, 0.2) is 0 Å². The molecule has 16 amide bonds. The minimum absolute atomic E-state index is 0.00565. The molecule has 0 saturated carbocycles. The molecule has 0 atom stereocenters. The maximum atomic E-state index is 12.9. The van der Waals surface area contributed by atoms with Crippen LogP contribution < -0.4 is 19.6 Å². The molecule has 0 aliphatic carbocycles.